The van der Waals surface area contributed by atoms with Crippen molar-refractivity contribution in [2.24, 2.45) is 4.99 Å². The minimum absolute atomic E-state index is 0.111. The highest BCUT2D eigenvalue weighted by Gasteiger charge is 2.21. The molecule has 1 fully saturated rings. The van der Waals surface area contributed by atoms with Crippen LogP contribution in [0.3, 0.4) is 0 Å². The van der Waals surface area contributed by atoms with Gasteiger partial charge in [0.15, 0.2) is 0 Å². The van der Waals surface area contributed by atoms with Crippen molar-refractivity contribution in [3.05, 3.63) is 39.4 Å². The van der Waals surface area contributed by atoms with Crippen LogP contribution in [0.5, 0.6) is 0 Å². The Morgan fingerprint density at radius 3 is 2.75 bits per heavy atom. The van der Waals surface area contributed by atoms with Crippen LogP contribution in [0.2, 0.25) is 0 Å². The second kappa shape index (κ2) is 4.22. The van der Waals surface area contributed by atoms with Crippen molar-refractivity contribution in [3.8, 4) is 0 Å². The van der Waals surface area contributed by atoms with E-state index in [1.54, 1.807) is 19.1 Å². The Bertz CT molecular complexity index is 467. The standard InChI is InChI=1S/C11H11ClN2O2/c1-7-6-8(2-5-10(7)14(15)16)11(12)13-9-3-4-9/h2,5-6,9H,3-4H2,1H3. The Morgan fingerprint density at radius 1 is 1.56 bits per heavy atom. The third-order valence-electron chi connectivity index (χ3n) is 2.47. The summed E-state index contributed by atoms with van der Waals surface area (Å²) >= 11 is 6.03. The van der Waals surface area contributed by atoms with Crippen molar-refractivity contribution in [2.75, 3.05) is 0 Å². The van der Waals surface area contributed by atoms with Gasteiger partial charge in [-0.1, -0.05) is 11.6 Å². The molecule has 0 N–H and O–H groups in total. The smallest absolute Gasteiger partial charge is 0.269 e. The van der Waals surface area contributed by atoms with Gasteiger partial charge in [0.25, 0.3) is 5.69 Å². The largest absolute Gasteiger partial charge is 0.272 e. The minimum Gasteiger partial charge on any atom is -0.269 e. The zero-order valence-corrected chi connectivity index (χ0v) is 9.57. The average molecular weight is 239 g/mol. The summed E-state index contributed by atoms with van der Waals surface area (Å²) in [6.45, 7) is 1.70. The third kappa shape index (κ3) is 2.39. The lowest BCUT2D eigenvalue weighted by Crippen LogP contribution is -1.97. The van der Waals surface area contributed by atoms with Gasteiger partial charge in [-0.05, 0) is 31.9 Å². The van der Waals surface area contributed by atoms with E-state index in [0.29, 0.717) is 16.8 Å². The van der Waals surface area contributed by atoms with Crippen LogP contribution in [0, 0.1) is 17.0 Å². The Morgan fingerprint density at radius 2 is 2.25 bits per heavy atom. The molecule has 0 bridgehead atoms. The molecule has 0 radical (unpaired) electrons. The van der Waals surface area contributed by atoms with E-state index < -0.39 is 4.92 Å². The van der Waals surface area contributed by atoms with Gasteiger partial charge in [0.05, 0.1) is 11.0 Å². The van der Waals surface area contributed by atoms with Crippen LogP contribution in [-0.4, -0.2) is 16.1 Å². The summed E-state index contributed by atoms with van der Waals surface area (Å²) in [5, 5.41) is 11.1. The first-order valence-corrected chi connectivity index (χ1v) is 5.44. The molecule has 0 atom stereocenters. The Labute approximate surface area is 98.1 Å². The van der Waals surface area contributed by atoms with Crippen LogP contribution in [0.4, 0.5) is 5.69 Å². The normalized spacial score (nSPS) is 16.2. The maximum atomic E-state index is 10.6. The van der Waals surface area contributed by atoms with Crippen LogP contribution in [0.1, 0.15) is 24.0 Å². The van der Waals surface area contributed by atoms with Crippen LogP contribution in [0.25, 0.3) is 0 Å². The van der Waals surface area contributed by atoms with E-state index in [0.717, 1.165) is 18.4 Å². The summed E-state index contributed by atoms with van der Waals surface area (Å²) in [7, 11) is 0. The number of aliphatic imine (C=N–C) groups is 1. The van der Waals surface area contributed by atoms with Gasteiger partial charge in [0, 0.05) is 17.2 Å². The number of benzene rings is 1. The molecule has 0 unspecified atom stereocenters. The molecule has 0 saturated heterocycles. The van der Waals surface area contributed by atoms with Gasteiger partial charge >= 0.3 is 0 Å². The predicted molar refractivity (Wildman–Crippen MR) is 63.2 cm³/mol. The summed E-state index contributed by atoms with van der Waals surface area (Å²) in [4.78, 5) is 14.5. The van der Waals surface area contributed by atoms with Crippen molar-refractivity contribution >= 4 is 22.5 Å². The van der Waals surface area contributed by atoms with Gasteiger partial charge in [-0.15, -0.1) is 0 Å². The number of hydrogen-bond donors (Lipinski definition) is 0. The second-order valence-corrected chi connectivity index (χ2v) is 4.27. The van der Waals surface area contributed by atoms with Crippen LogP contribution >= 0.6 is 11.6 Å². The lowest BCUT2D eigenvalue weighted by atomic mass is 10.1. The van der Waals surface area contributed by atoms with Gasteiger partial charge in [-0.2, -0.15) is 0 Å². The highest BCUT2D eigenvalue weighted by Crippen LogP contribution is 2.26. The fourth-order valence-corrected chi connectivity index (χ4v) is 1.68. The van der Waals surface area contributed by atoms with E-state index in [4.69, 9.17) is 11.6 Å². The molecule has 0 amide bonds. The minimum atomic E-state index is -0.398. The SMILES string of the molecule is Cc1cc(C(Cl)=NC2CC2)ccc1[N+](=O)[O-]. The van der Waals surface area contributed by atoms with Crippen molar-refractivity contribution in [3.63, 3.8) is 0 Å². The third-order valence-corrected chi connectivity index (χ3v) is 2.79. The zero-order valence-electron chi connectivity index (χ0n) is 8.81. The first-order valence-electron chi connectivity index (χ1n) is 5.06. The predicted octanol–water partition coefficient (Wildman–Crippen LogP) is 3.05. The fourth-order valence-electron chi connectivity index (χ4n) is 1.43. The lowest BCUT2D eigenvalue weighted by Gasteiger charge is -2.01. The van der Waals surface area contributed by atoms with Crippen LogP contribution in [0.15, 0.2) is 23.2 Å². The van der Waals surface area contributed by atoms with Crippen LogP contribution in [-0.2, 0) is 0 Å². The first kappa shape index (κ1) is 11.1. The van der Waals surface area contributed by atoms with Gasteiger partial charge in [-0.3, -0.25) is 15.1 Å². The Hall–Kier alpha value is -1.42. The number of hydrogen-bond acceptors (Lipinski definition) is 3. The summed E-state index contributed by atoms with van der Waals surface area (Å²) in [6.07, 6.45) is 2.17. The molecule has 1 aromatic carbocycles. The highest BCUT2D eigenvalue weighted by atomic mass is 35.5. The van der Waals surface area contributed by atoms with Gasteiger partial charge in [0.2, 0.25) is 0 Å². The second-order valence-electron chi connectivity index (χ2n) is 3.91. The van der Waals surface area contributed by atoms with Crippen molar-refractivity contribution in [1.82, 2.24) is 0 Å². The average Bonchev–Trinajstić information content (AvgIpc) is 3.00. The molecule has 0 heterocycles. The van der Waals surface area contributed by atoms with Crippen molar-refractivity contribution in [1.29, 1.82) is 0 Å². The first-order chi connectivity index (χ1) is 7.58. The van der Waals surface area contributed by atoms with E-state index in [2.05, 4.69) is 4.99 Å². The molecule has 0 aromatic heterocycles. The van der Waals surface area contributed by atoms with Gasteiger partial charge in [-0.25, -0.2) is 0 Å². The number of halogens is 1. The molecule has 1 saturated carbocycles. The molecule has 1 aliphatic rings. The molecule has 5 heteroatoms. The number of rotatable bonds is 3. The quantitative estimate of drug-likeness (QED) is 0.462. The van der Waals surface area contributed by atoms with E-state index in [9.17, 15) is 10.1 Å². The highest BCUT2D eigenvalue weighted by molar-refractivity contribution is 6.69. The molecule has 1 aliphatic carbocycles. The number of aryl methyl sites for hydroxylation is 1. The van der Waals surface area contributed by atoms with Crippen LogP contribution < -0.4 is 0 Å². The zero-order chi connectivity index (χ0) is 11.7. The maximum Gasteiger partial charge on any atom is 0.272 e. The summed E-state index contributed by atoms with van der Waals surface area (Å²) in [6, 6.07) is 5.16. The number of nitro groups is 1. The maximum absolute atomic E-state index is 10.6. The molecule has 84 valence electrons. The van der Waals surface area contributed by atoms with E-state index in [1.165, 1.54) is 6.07 Å². The molecule has 4 nitrogen and oxygen atoms in total. The molecule has 16 heavy (non-hydrogen) atoms. The number of nitro benzene ring substituents is 1. The fraction of sp³-hybridized carbons (Fsp3) is 0.364. The summed E-state index contributed by atoms with van der Waals surface area (Å²) in [5.74, 6) is 0. The summed E-state index contributed by atoms with van der Waals surface area (Å²) < 4.78 is 0. The van der Waals surface area contributed by atoms with E-state index in [1.807, 2.05) is 0 Å². The molecular formula is C11H11ClN2O2. The van der Waals surface area contributed by atoms with Gasteiger partial charge in [0.1, 0.15) is 5.17 Å². The van der Waals surface area contributed by atoms with Crippen molar-refractivity contribution in [2.45, 2.75) is 25.8 Å². The molecule has 0 aliphatic heterocycles. The Kier molecular flexibility index (Phi) is 2.92. The monoisotopic (exact) mass is 238 g/mol. The van der Waals surface area contributed by atoms with Gasteiger partial charge < -0.3 is 0 Å². The number of nitrogens with zero attached hydrogens (tertiary/aromatic N) is 2. The Balaban J connectivity index is 2.29. The molecular weight excluding hydrogens is 228 g/mol. The topological polar surface area (TPSA) is 55.5 Å². The molecule has 0 spiro atoms. The molecule has 2 rings (SSSR count). The van der Waals surface area contributed by atoms with E-state index in [-0.39, 0.29) is 5.69 Å². The molecule has 1 aromatic rings. The van der Waals surface area contributed by atoms with E-state index >= 15 is 0 Å². The van der Waals surface area contributed by atoms with Crippen molar-refractivity contribution < 1.29 is 4.92 Å². The summed E-state index contributed by atoms with van der Waals surface area (Å²) in [5.41, 5.74) is 1.46. The lowest BCUT2D eigenvalue weighted by molar-refractivity contribution is -0.385.